The number of benzene rings is 1. The number of hydrogen-bond acceptors (Lipinski definition) is 8. The Bertz CT molecular complexity index is 1690. The standard InChI is InChI=1S/C27H29N9O2/c1-4-12-35-26(37)21-16-28-27(29-18-8-9-22-20(15-18)17(2)32-33-22)31-25(21)36(35)23-6-5-7-24(30-23)38-19-10-13-34(3)14-11-19/h4-9,15-16,19H,1,10-14H2,2-3H3,(H,32,33)(H,28,29,31). The van der Waals surface area contributed by atoms with Crippen molar-refractivity contribution >= 4 is 33.6 Å². The summed E-state index contributed by atoms with van der Waals surface area (Å²) in [5.74, 6) is 1.42. The zero-order chi connectivity index (χ0) is 26.2. The molecule has 11 heteroatoms. The van der Waals surface area contributed by atoms with Crippen molar-refractivity contribution in [2.45, 2.75) is 32.4 Å². The van der Waals surface area contributed by atoms with Crippen LogP contribution in [0.15, 0.2) is 60.0 Å². The van der Waals surface area contributed by atoms with Gasteiger partial charge in [0.25, 0.3) is 5.56 Å². The van der Waals surface area contributed by atoms with E-state index in [1.807, 2.05) is 43.3 Å². The second-order valence-electron chi connectivity index (χ2n) is 9.57. The van der Waals surface area contributed by atoms with Crippen molar-refractivity contribution in [3.63, 3.8) is 0 Å². The summed E-state index contributed by atoms with van der Waals surface area (Å²) < 4.78 is 9.47. The van der Waals surface area contributed by atoms with Gasteiger partial charge in [0.1, 0.15) is 11.5 Å². The number of nitrogens with one attached hydrogen (secondary N) is 2. The van der Waals surface area contributed by atoms with Gasteiger partial charge in [-0.25, -0.2) is 14.3 Å². The Morgan fingerprint density at radius 3 is 2.84 bits per heavy atom. The second-order valence-corrected chi connectivity index (χ2v) is 9.57. The quantitative estimate of drug-likeness (QED) is 0.319. The first kappa shape index (κ1) is 23.9. The number of aromatic amines is 1. The number of piperidine rings is 1. The minimum atomic E-state index is -0.217. The van der Waals surface area contributed by atoms with E-state index in [-0.39, 0.29) is 18.2 Å². The molecule has 1 saturated heterocycles. The lowest BCUT2D eigenvalue weighted by Crippen LogP contribution is -2.35. The lowest BCUT2D eigenvalue weighted by Gasteiger charge is -2.29. The number of nitrogens with zero attached hydrogens (tertiary/aromatic N) is 7. The van der Waals surface area contributed by atoms with Gasteiger partial charge in [0.2, 0.25) is 11.8 Å². The lowest BCUT2D eigenvalue weighted by molar-refractivity contribution is 0.110. The summed E-state index contributed by atoms with van der Waals surface area (Å²) in [7, 11) is 2.12. The van der Waals surface area contributed by atoms with Gasteiger partial charge in [0.15, 0.2) is 11.5 Å². The molecule has 0 bridgehead atoms. The predicted octanol–water partition coefficient (Wildman–Crippen LogP) is 3.56. The maximum Gasteiger partial charge on any atom is 0.278 e. The minimum Gasteiger partial charge on any atom is -0.474 e. The summed E-state index contributed by atoms with van der Waals surface area (Å²) in [5, 5.41) is 11.9. The van der Waals surface area contributed by atoms with Gasteiger partial charge in [0, 0.05) is 36.4 Å². The van der Waals surface area contributed by atoms with Crippen LogP contribution in [0.25, 0.3) is 27.8 Å². The van der Waals surface area contributed by atoms with Crippen molar-refractivity contribution in [2.24, 2.45) is 0 Å². The molecule has 6 rings (SSSR count). The lowest BCUT2D eigenvalue weighted by atomic mass is 10.1. The largest absolute Gasteiger partial charge is 0.474 e. The topological polar surface area (TPSA) is 119 Å². The van der Waals surface area contributed by atoms with Crippen molar-refractivity contribution in [1.29, 1.82) is 0 Å². The van der Waals surface area contributed by atoms with E-state index in [0.29, 0.717) is 28.7 Å². The van der Waals surface area contributed by atoms with Crippen LogP contribution in [0.2, 0.25) is 0 Å². The first-order chi connectivity index (χ1) is 18.5. The van der Waals surface area contributed by atoms with Crippen molar-refractivity contribution in [2.75, 3.05) is 25.5 Å². The normalized spacial score (nSPS) is 14.8. The molecule has 4 aromatic heterocycles. The van der Waals surface area contributed by atoms with Gasteiger partial charge in [-0.2, -0.15) is 15.1 Å². The Hall–Kier alpha value is -4.51. The van der Waals surface area contributed by atoms with Gasteiger partial charge in [-0.15, -0.1) is 6.58 Å². The van der Waals surface area contributed by atoms with Crippen LogP contribution >= 0.6 is 0 Å². The van der Waals surface area contributed by atoms with Crippen molar-refractivity contribution in [1.82, 2.24) is 39.4 Å². The molecule has 38 heavy (non-hydrogen) atoms. The molecule has 1 aliphatic heterocycles. The first-order valence-corrected chi connectivity index (χ1v) is 12.6. The van der Waals surface area contributed by atoms with E-state index in [4.69, 9.17) is 14.7 Å². The Balaban J connectivity index is 1.38. The third-order valence-corrected chi connectivity index (χ3v) is 6.87. The number of aromatic nitrogens is 7. The van der Waals surface area contributed by atoms with Crippen LogP contribution in [0.1, 0.15) is 18.5 Å². The summed E-state index contributed by atoms with van der Waals surface area (Å²) in [6.45, 7) is 8.04. The minimum absolute atomic E-state index is 0.111. The van der Waals surface area contributed by atoms with Gasteiger partial charge >= 0.3 is 0 Å². The number of hydrogen-bond donors (Lipinski definition) is 2. The van der Waals surface area contributed by atoms with Gasteiger partial charge in [-0.05, 0) is 51.1 Å². The molecule has 1 fully saturated rings. The zero-order valence-electron chi connectivity index (χ0n) is 21.4. The van der Waals surface area contributed by atoms with Crippen LogP contribution in [0.5, 0.6) is 5.88 Å². The number of ether oxygens (including phenoxy) is 1. The molecule has 0 radical (unpaired) electrons. The van der Waals surface area contributed by atoms with Crippen LogP contribution < -0.4 is 15.6 Å². The molecule has 0 amide bonds. The smallest absolute Gasteiger partial charge is 0.278 e. The SMILES string of the molecule is C=CCn1c(=O)c2cnc(Nc3ccc4[nH]nc(C)c4c3)nc2n1-c1cccc(OC2CCN(C)CC2)n1. The first-order valence-electron chi connectivity index (χ1n) is 12.6. The summed E-state index contributed by atoms with van der Waals surface area (Å²) >= 11 is 0. The fourth-order valence-corrected chi connectivity index (χ4v) is 4.82. The van der Waals surface area contributed by atoms with E-state index in [1.54, 1.807) is 21.6 Å². The summed E-state index contributed by atoms with van der Waals surface area (Å²) in [6.07, 6.45) is 5.22. The summed E-state index contributed by atoms with van der Waals surface area (Å²) in [5.41, 5.74) is 2.90. The van der Waals surface area contributed by atoms with Gasteiger partial charge in [0.05, 0.1) is 17.8 Å². The van der Waals surface area contributed by atoms with E-state index < -0.39 is 0 Å². The molecular weight excluding hydrogens is 482 g/mol. The monoisotopic (exact) mass is 511 g/mol. The summed E-state index contributed by atoms with van der Waals surface area (Å²) in [4.78, 5) is 29.5. The molecule has 0 aliphatic carbocycles. The van der Waals surface area contributed by atoms with Crippen LogP contribution in [0, 0.1) is 6.92 Å². The highest BCUT2D eigenvalue weighted by Gasteiger charge is 2.21. The van der Waals surface area contributed by atoms with E-state index in [2.05, 4.69) is 39.0 Å². The number of aryl methyl sites for hydroxylation is 1. The molecule has 0 atom stereocenters. The molecule has 5 heterocycles. The fourth-order valence-electron chi connectivity index (χ4n) is 4.82. The zero-order valence-corrected chi connectivity index (χ0v) is 21.4. The van der Waals surface area contributed by atoms with Gasteiger partial charge in [-0.1, -0.05) is 12.1 Å². The molecule has 1 aromatic carbocycles. The van der Waals surface area contributed by atoms with E-state index >= 15 is 0 Å². The summed E-state index contributed by atoms with van der Waals surface area (Å²) in [6, 6.07) is 11.4. The van der Waals surface area contributed by atoms with E-state index in [0.717, 1.165) is 48.2 Å². The van der Waals surface area contributed by atoms with Crippen LogP contribution in [0.3, 0.4) is 0 Å². The number of fused-ring (bicyclic) bond motifs is 2. The number of anilines is 2. The van der Waals surface area contributed by atoms with Crippen molar-refractivity contribution in [3.8, 4) is 11.7 Å². The fraction of sp³-hybridized carbons (Fsp3) is 0.296. The molecule has 1 aliphatic rings. The van der Waals surface area contributed by atoms with Gasteiger partial charge < -0.3 is 15.0 Å². The third kappa shape index (κ3) is 4.41. The highest BCUT2D eigenvalue weighted by atomic mass is 16.5. The van der Waals surface area contributed by atoms with Crippen LogP contribution in [0.4, 0.5) is 11.6 Å². The number of likely N-dealkylation sites (tertiary alicyclic amines) is 1. The average Bonchev–Trinajstić information content (AvgIpc) is 3.42. The Kier molecular flexibility index (Phi) is 6.12. The maximum absolute atomic E-state index is 13.3. The molecular formula is C27H29N9O2. The Morgan fingerprint density at radius 2 is 2.03 bits per heavy atom. The average molecular weight is 512 g/mol. The molecule has 5 aromatic rings. The second kappa shape index (κ2) is 9.75. The van der Waals surface area contributed by atoms with Crippen molar-refractivity contribution in [3.05, 3.63) is 71.3 Å². The predicted molar refractivity (Wildman–Crippen MR) is 146 cm³/mol. The van der Waals surface area contributed by atoms with Crippen LogP contribution in [-0.2, 0) is 6.54 Å². The molecule has 0 spiro atoms. The number of pyridine rings is 1. The number of H-pyrrole nitrogens is 1. The Morgan fingerprint density at radius 1 is 1.18 bits per heavy atom. The molecule has 2 N–H and O–H groups in total. The number of rotatable bonds is 7. The number of allylic oxidation sites excluding steroid dienone is 1. The van der Waals surface area contributed by atoms with E-state index in [9.17, 15) is 4.79 Å². The third-order valence-electron chi connectivity index (χ3n) is 6.87. The van der Waals surface area contributed by atoms with Crippen LogP contribution in [-0.4, -0.2) is 65.7 Å². The maximum atomic E-state index is 13.3. The molecule has 194 valence electrons. The molecule has 11 nitrogen and oxygen atoms in total. The van der Waals surface area contributed by atoms with E-state index in [1.165, 1.54) is 0 Å². The van der Waals surface area contributed by atoms with Crippen molar-refractivity contribution < 1.29 is 4.74 Å². The highest BCUT2D eigenvalue weighted by Crippen LogP contribution is 2.24. The highest BCUT2D eigenvalue weighted by molar-refractivity contribution is 5.85. The molecule has 0 unspecified atom stereocenters. The Labute approximate surface area is 218 Å². The van der Waals surface area contributed by atoms with Gasteiger partial charge in [-0.3, -0.25) is 9.89 Å². The molecule has 0 saturated carbocycles.